The minimum atomic E-state index is 0.559. The summed E-state index contributed by atoms with van der Waals surface area (Å²) in [5, 5.41) is 0. The van der Waals surface area contributed by atoms with Crippen molar-refractivity contribution in [2.45, 2.75) is 13.5 Å². The number of hydrogen-bond acceptors (Lipinski definition) is 2. The van der Waals surface area contributed by atoms with Gasteiger partial charge in [0.25, 0.3) is 0 Å². The van der Waals surface area contributed by atoms with Gasteiger partial charge in [0.1, 0.15) is 18.2 Å². The van der Waals surface area contributed by atoms with Crippen LogP contribution in [0.4, 0.5) is 0 Å². The van der Waals surface area contributed by atoms with Crippen molar-refractivity contribution < 1.29 is 4.74 Å². The van der Waals surface area contributed by atoms with E-state index in [-0.39, 0.29) is 0 Å². The van der Waals surface area contributed by atoms with Crippen molar-refractivity contribution in [2.24, 2.45) is 0 Å². The van der Waals surface area contributed by atoms with Gasteiger partial charge in [-0.3, -0.25) is 0 Å². The molecule has 0 unspecified atom stereocenters. The van der Waals surface area contributed by atoms with Gasteiger partial charge in [0.2, 0.25) is 0 Å². The second kappa shape index (κ2) is 6.20. The zero-order chi connectivity index (χ0) is 16.4. The van der Waals surface area contributed by atoms with Gasteiger partial charge >= 0.3 is 0 Å². The molecular weight excluding hydrogens is 296 g/mol. The Kier molecular flexibility index (Phi) is 3.75. The normalized spacial score (nSPS) is 10.9. The van der Waals surface area contributed by atoms with E-state index in [4.69, 9.17) is 4.74 Å². The summed E-state index contributed by atoms with van der Waals surface area (Å²) in [5.74, 6) is 1.70. The third-order valence-corrected chi connectivity index (χ3v) is 3.99. The van der Waals surface area contributed by atoms with Gasteiger partial charge in [0.05, 0.1) is 11.0 Å². The predicted octanol–water partition coefficient (Wildman–Crippen LogP) is 5.12. The summed E-state index contributed by atoms with van der Waals surface area (Å²) < 4.78 is 5.91. The third kappa shape index (κ3) is 3.01. The van der Waals surface area contributed by atoms with E-state index in [9.17, 15) is 0 Å². The van der Waals surface area contributed by atoms with Crippen molar-refractivity contribution in [3.63, 3.8) is 0 Å². The van der Waals surface area contributed by atoms with Gasteiger partial charge in [-0.2, -0.15) is 0 Å². The number of imidazole rings is 1. The first-order valence-electron chi connectivity index (χ1n) is 8.01. The summed E-state index contributed by atoms with van der Waals surface area (Å²) in [6.07, 6.45) is 0. The topological polar surface area (TPSA) is 37.9 Å². The lowest BCUT2D eigenvalue weighted by Gasteiger charge is -2.07. The van der Waals surface area contributed by atoms with Gasteiger partial charge in [-0.1, -0.05) is 48.5 Å². The smallest absolute Gasteiger partial charge is 0.138 e. The molecule has 0 atom stereocenters. The summed E-state index contributed by atoms with van der Waals surface area (Å²) in [6, 6.07) is 24.4. The molecular formula is C21H18N2O. The Hall–Kier alpha value is -3.07. The molecule has 0 aliphatic carbocycles. The van der Waals surface area contributed by atoms with Crippen LogP contribution in [0.3, 0.4) is 0 Å². The highest BCUT2D eigenvalue weighted by Gasteiger charge is 2.06. The maximum absolute atomic E-state index is 5.91. The monoisotopic (exact) mass is 314 g/mol. The molecule has 1 N–H and O–H groups in total. The van der Waals surface area contributed by atoms with E-state index in [0.29, 0.717) is 6.61 Å². The van der Waals surface area contributed by atoms with E-state index in [1.807, 2.05) is 48.5 Å². The molecule has 24 heavy (non-hydrogen) atoms. The number of fused-ring (bicyclic) bond motifs is 1. The summed E-state index contributed by atoms with van der Waals surface area (Å²) in [4.78, 5) is 8.06. The maximum atomic E-state index is 5.91. The van der Waals surface area contributed by atoms with Gasteiger partial charge in [-0.25, -0.2) is 4.98 Å². The minimum Gasteiger partial charge on any atom is -0.489 e. The molecule has 1 heterocycles. The van der Waals surface area contributed by atoms with Crippen molar-refractivity contribution >= 4 is 11.0 Å². The highest BCUT2D eigenvalue weighted by molar-refractivity contribution is 5.80. The average molecular weight is 314 g/mol. The summed E-state index contributed by atoms with van der Waals surface area (Å²) >= 11 is 0. The molecule has 0 aliphatic heterocycles. The van der Waals surface area contributed by atoms with Crippen LogP contribution in [0.25, 0.3) is 22.4 Å². The minimum absolute atomic E-state index is 0.559. The predicted molar refractivity (Wildman–Crippen MR) is 97.0 cm³/mol. The van der Waals surface area contributed by atoms with Crippen molar-refractivity contribution in [3.8, 4) is 17.1 Å². The summed E-state index contributed by atoms with van der Waals surface area (Å²) in [5.41, 5.74) is 5.43. The van der Waals surface area contributed by atoms with Crippen LogP contribution < -0.4 is 4.74 Å². The number of benzene rings is 3. The molecule has 0 bridgehead atoms. The van der Waals surface area contributed by atoms with E-state index >= 15 is 0 Å². The van der Waals surface area contributed by atoms with Crippen LogP contribution >= 0.6 is 0 Å². The molecule has 0 saturated heterocycles. The number of aryl methyl sites for hydroxylation is 1. The van der Waals surface area contributed by atoms with Crippen LogP contribution in [0.15, 0.2) is 72.8 Å². The number of aromatic nitrogens is 2. The molecule has 0 amide bonds. The van der Waals surface area contributed by atoms with E-state index in [1.54, 1.807) is 0 Å². The summed E-state index contributed by atoms with van der Waals surface area (Å²) in [7, 11) is 0. The number of hydrogen-bond donors (Lipinski definition) is 1. The average Bonchev–Trinajstić information content (AvgIpc) is 3.04. The zero-order valence-corrected chi connectivity index (χ0v) is 13.5. The molecule has 0 spiro atoms. The van der Waals surface area contributed by atoms with Gasteiger partial charge < -0.3 is 9.72 Å². The van der Waals surface area contributed by atoms with Crippen LogP contribution in [0.2, 0.25) is 0 Å². The van der Waals surface area contributed by atoms with Gasteiger partial charge in [0, 0.05) is 5.56 Å². The Morgan fingerprint density at radius 3 is 2.67 bits per heavy atom. The number of ether oxygens (including phenoxy) is 1. The lowest BCUT2D eigenvalue weighted by atomic mass is 10.2. The van der Waals surface area contributed by atoms with Crippen LogP contribution in [-0.2, 0) is 6.61 Å². The van der Waals surface area contributed by atoms with E-state index in [0.717, 1.165) is 33.7 Å². The van der Waals surface area contributed by atoms with Crippen molar-refractivity contribution in [3.05, 3.63) is 83.9 Å². The number of aromatic amines is 1. The first-order chi connectivity index (χ1) is 11.8. The number of nitrogens with one attached hydrogen (secondary N) is 1. The maximum Gasteiger partial charge on any atom is 0.138 e. The number of nitrogens with zero attached hydrogens (tertiary/aromatic N) is 1. The molecule has 3 heteroatoms. The molecule has 0 radical (unpaired) electrons. The highest BCUT2D eigenvalue weighted by atomic mass is 16.5. The Morgan fingerprint density at radius 1 is 0.917 bits per heavy atom. The summed E-state index contributed by atoms with van der Waals surface area (Å²) in [6.45, 7) is 2.64. The standard InChI is InChI=1S/C21H18N2O/c1-15-10-11-19-20(12-15)23-21(22-19)17-8-5-9-18(13-17)24-14-16-6-3-2-4-7-16/h2-13H,14H2,1H3,(H,22,23). The molecule has 4 aromatic rings. The number of H-pyrrole nitrogens is 1. The molecule has 3 nitrogen and oxygen atoms in total. The first-order valence-corrected chi connectivity index (χ1v) is 8.01. The van der Waals surface area contributed by atoms with Crippen LogP contribution in [0.1, 0.15) is 11.1 Å². The fraction of sp³-hybridized carbons (Fsp3) is 0.0952. The van der Waals surface area contributed by atoms with Gasteiger partial charge in [0.15, 0.2) is 0 Å². The quantitative estimate of drug-likeness (QED) is 0.568. The van der Waals surface area contributed by atoms with Gasteiger partial charge in [-0.15, -0.1) is 0 Å². The molecule has 3 aromatic carbocycles. The lowest BCUT2D eigenvalue weighted by molar-refractivity contribution is 0.306. The SMILES string of the molecule is Cc1ccc2nc(-c3cccc(OCc4ccccc4)c3)[nH]c2c1. The fourth-order valence-electron chi connectivity index (χ4n) is 2.73. The Bertz CT molecular complexity index is 973. The molecule has 118 valence electrons. The Balaban J connectivity index is 1.59. The van der Waals surface area contributed by atoms with E-state index < -0.39 is 0 Å². The van der Waals surface area contributed by atoms with Crippen molar-refractivity contribution in [2.75, 3.05) is 0 Å². The first kappa shape index (κ1) is 14.5. The zero-order valence-electron chi connectivity index (χ0n) is 13.5. The van der Waals surface area contributed by atoms with Crippen molar-refractivity contribution in [1.82, 2.24) is 9.97 Å². The fourth-order valence-corrected chi connectivity index (χ4v) is 2.73. The molecule has 0 fully saturated rings. The molecule has 1 aromatic heterocycles. The second-order valence-electron chi connectivity index (χ2n) is 5.91. The van der Waals surface area contributed by atoms with E-state index in [1.165, 1.54) is 5.56 Å². The number of rotatable bonds is 4. The van der Waals surface area contributed by atoms with Crippen LogP contribution in [0, 0.1) is 6.92 Å². The molecule has 0 aliphatic rings. The lowest BCUT2D eigenvalue weighted by Crippen LogP contribution is -1.95. The van der Waals surface area contributed by atoms with Crippen LogP contribution in [0.5, 0.6) is 5.75 Å². The Labute approximate surface area is 140 Å². The van der Waals surface area contributed by atoms with E-state index in [2.05, 4.69) is 41.2 Å². The van der Waals surface area contributed by atoms with Crippen LogP contribution in [-0.4, -0.2) is 9.97 Å². The second-order valence-corrected chi connectivity index (χ2v) is 5.91. The molecule has 0 saturated carbocycles. The highest BCUT2D eigenvalue weighted by Crippen LogP contribution is 2.25. The molecule has 4 rings (SSSR count). The largest absolute Gasteiger partial charge is 0.489 e. The Morgan fingerprint density at radius 2 is 1.79 bits per heavy atom. The van der Waals surface area contributed by atoms with Crippen molar-refractivity contribution in [1.29, 1.82) is 0 Å². The van der Waals surface area contributed by atoms with Gasteiger partial charge in [-0.05, 0) is 42.3 Å². The third-order valence-electron chi connectivity index (χ3n) is 3.99.